The summed E-state index contributed by atoms with van der Waals surface area (Å²) in [6.45, 7) is 5.44. The third kappa shape index (κ3) is 3.97. The summed E-state index contributed by atoms with van der Waals surface area (Å²) in [4.78, 5) is 1.69. The molecule has 0 unspecified atom stereocenters. The second-order valence-electron chi connectivity index (χ2n) is 2.67. The molecule has 1 saturated heterocycles. The topological polar surface area (TPSA) is 29.3 Å². The van der Waals surface area contributed by atoms with Gasteiger partial charge in [0.05, 0.1) is 6.54 Å². The summed E-state index contributed by atoms with van der Waals surface area (Å²) in [5.74, 6) is -2.46. The lowest BCUT2D eigenvalue weighted by Crippen LogP contribution is -2.29. The van der Waals surface area contributed by atoms with Crippen LogP contribution in [0.5, 0.6) is 0 Å². The third-order valence-corrected chi connectivity index (χ3v) is 1.69. The minimum Gasteiger partial charge on any atom is -0.329 e. The van der Waals surface area contributed by atoms with Crippen molar-refractivity contribution in [1.82, 2.24) is 4.90 Å². The Hall–Kier alpha value is -0.220. The highest BCUT2D eigenvalue weighted by Crippen LogP contribution is 2.25. The molecule has 0 aliphatic carbocycles. The molecule has 0 bridgehead atoms. The molecule has 74 valence electrons. The van der Waals surface area contributed by atoms with Crippen molar-refractivity contribution in [3.05, 3.63) is 0 Å². The molecule has 12 heavy (non-hydrogen) atoms. The SMILES string of the molecule is CC.NCCN1CCC(F)(F)C1. The van der Waals surface area contributed by atoms with Crippen LogP contribution in [0.15, 0.2) is 0 Å². The minimum absolute atomic E-state index is 0.00694. The van der Waals surface area contributed by atoms with E-state index in [2.05, 4.69) is 0 Å². The molecule has 1 aliphatic heterocycles. The molecule has 1 heterocycles. The zero-order valence-corrected chi connectivity index (χ0v) is 7.82. The van der Waals surface area contributed by atoms with Gasteiger partial charge in [0.15, 0.2) is 0 Å². The smallest absolute Gasteiger partial charge is 0.261 e. The van der Waals surface area contributed by atoms with E-state index in [9.17, 15) is 8.78 Å². The molecule has 0 aromatic heterocycles. The molecule has 4 heteroatoms. The van der Waals surface area contributed by atoms with Gasteiger partial charge in [-0.15, -0.1) is 0 Å². The van der Waals surface area contributed by atoms with Crippen molar-refractivity contribution in [3.8, 4) is 0 Å². The number of hydrogen-bond donors (Lipinski definition) is 1. The van der Waals surface area contributed by atoms with E-state index >= 15 is 0 Å². The zero-order valence-electron chi connectivity index (χ0n) is 7.82. The molecule has 1 rings (SSSR count). The van der Waals surface area contributed by atoms with Gasteiger partial charge in [-0.2, -0.15) is 0 Å². The highest BCUT2D eigenvalue weighted by Gasteiger charge is 2.37. The van der Waals surface area contributed by atoms with Gasteiger partial charge in [0.1, 0.15) is 0 Å². The Morgan fingerprint density at radius 3 is 2.33 bits per heavy atom. The van der Waals surface area contributed by atoms with E-state index in [1.807, 2.05) is 13.8 Å². The van der Waals surface area contributed by atoms with E-state index in [-0.39, 0.29) is 13.0 Å². The van der Waals surface area contributed by atoms with E-state index in [4.69, 9.17) is 5.73 Å². The van der Waals surface area contributed by atoms with Gasteiger partial charge >= 0.3 is 0 Å². The van der Waals surface area contributed by atoms with Gasteiger partial charge in [0, 0.05) is 26.1 Å². The standard InChI is InChI=1S/C6H12F2N2.C2H6/c7-6(8)1-3-10(5-6)4-2-9;1-2/h1-5,9H2;1-2H3. The molecule has 0 spiro atoms. The van der Waals surface area contributed by atoms with Crippen LogP contribution < -0.4 is 5.73 Å². The molecule has 2 N–H and O–H groups in total. The molecule has 0 aromatic carbocycles. The van der Waals surface area contributed by atoms with Crippen LogP contribution in [0.2, 0.25) is 0 Å². The van der Waals surface area contributed by atoms with E-state index in [0.717, 1.165) is 0 Å². The summed E-state index contributed by atoms with van der Waals surface area (Å²) in [6.07, 6.45) is -0.00694. The quantitative estimate of drug-likeness (QED) is 0.694. The molecule has 0 saturated carbocycles. The number of nitrogens with zero attached hydrogens (tertiary/aromatic N) is 1. The largest absolute Gasteiger partial charge is 0.329 e. The van der Waals surface area contributed by atoms with Gasteiger partial charge in [-0.25, -0.2) is 8.78 Å². The van der Waals surface area contributed by atoms with Crippen molar-refractivity contribution in [3.63, 3.8) is 0 Å². The Labute approximate surface area is 72.7 Å². The Bertz CT molecular complexity index is 118. The first-order valence-electron chi connectivity index (χ1n) is 4.44. The third-order valence-electron chi connectivity index (χ3n) is 1.69. The van der Waals surface area contributed by atoms with Gasteiger partial charge in [-0.1, -0.05) is 13.8 Å². The van der Waals surface area contributed by atoms with E-state index in [0.29, 0.717) is 19.6 Å². The van der Waals surface area contributed by atoms with E-state index < -0.39 is 5.92 Å². The second kappa shape index (κ2) is 5.43. The number of rotatable bonds is 2. The fourth-order valence-electron chi connectivity index (χ4n) is 1.18. The predicted molar refractivity (Wildman–Crippen MR) is 46.4 cm³/mol. The van der Waals surface area contributed by atoms with Gasteiger partial charge in [-0.3, -0.25) is 4.90 Å². The zero-order chi connectivity index (χ0) is 9.61. The van der Waals surface area contributed by atoms with Gasteiger partial charge in [0.25, 0.3) is 5.92 Å². The fraction of sp³-hybridized carbons (Fsp3) is 1.00. The summed E-state index contributed by atoms with van der Waals surface area (Å²) in [5, 5.41) is 0. The lowest BCUT2D eigenvalue weighted by Gasteiger charge is -2.13. The monoisotopic (exact) mass is 180 g/mol. The predicted octanol–water partition coefficient (Wildman–Crippen LogP) is 1.31. The number of hydrogen-bond acceptors (Lipinski definition) is 2. The minimum atomic E-state index is -2.46. The van der Waals surface area contributed by atoms with Crippen molar-refractivity contribution < 1.29 is 8.78 Å². The summed E-state index contributed by atoms with van der Waals surface area (Å²) in [6, 6.07) is 0. The van der Waals surface area contributed by atoms with Crippen LogP contribution in [0.3, 0.4) is 0 Å². The number of likely N-dealkylation sites (tertiary alicyclic amines) is 1. The number of alkyl halides is 2. The Kier molecular flexibility index (Phi) is 5.33. The molecular formula is C8H18F2N2. The molecule has 0 atom stereocenters. The Morgan fingerprint density at radius 1 is 1.42 bits per heavy atom. The van der Waals surface area contributed by atoms with Crippen molar-refractivity contribution in [2.45, 2.75) is 26.2 Å². The van der Waals surface area contributed by atoms with Crippen LogP contribution >= 0.6 is 0 Å². The maximum Gasteiger partial charge on any atom is 0.261 e. The fourth-order valence-corrected chi connectivity index (χ4v) is 1.18. The average molecular weight is 180 g/mol. The molecule has 1 fully saturated rings. The van der Waals surface area contributed by atoms with Crippen LogP contribution in [0.25, 0.3) is 0 Å². The summed E-state index contributed by atoms with van der Waals surface area (Å²) < 4.78 is 24.9. The molecule has 0 aromatic rings. The van der Waals surface area contributed by atoms with Crippen LogP contribution in [0.4, 0.5) is 8.78 Å². The van der Waals surface area contributed by atoms with Crippen LogP contribution in [0.1, 0.15) is 20.3 Å². The maximum absolute atomic E-state index is 12.4. The second-order valence-corrected chi connectivity index (χ2v) is 2.67. The lowest BCUT2D eigenvalue weighted by molar-refractivity contribution is 0.0125. The van der Waals surface area contributed by atoms with E-state index in [1.165, 1.54) is 0 Å². The summed E-state index contributed by atoms with van der Waals surface area (Å²) >= 11 is 0. The normalized spacial score (nSPS) is 21.8. The van der Waals surface area contributed by atoms with Crippen LogP contribution in [-0.2, 0) is 0 Å². The molecular weight excluding hydrogens is 162 g/mol. The Morgan fingerprint density at radius 2 is 2.00 bits per heavy atom. The average Bonchev–Trinajstić information content (AvgIpc) is 2.35. The molecule has 2 nitrogen and oxygen atoms in total. The van der Waals surface area contributed by atoms with Crippen LogP contribution in [0, 0.1) is 0 Å². The highest BCUT2D eigenvalue weighted by molar-refractivity contribution is 4.81. The number of nitrogens with two attached hydrogens (primary N) is 1. The van der Waals surface area contributed by atoms with Crippen LogP contribution in [-0.4, -0.2) is 37.0 Å². The van der Waals surface area contributed by atoms with Gasteiger partial charge in [0.2, 0.25) is 0 Å². The van der Waals surface area contributed by atoms with Crippen molar-refractivity contribution in [2.75, 3.05) is 26.2 Å². The molecule has 0 radical (unpaired) electrons. The molecule has 1 aliphatic rings. The van der Waals surface area contributed by atoms with Crippen molar-refractivity contribution in [1.29, 1.82) is 0 Å². The van der Waals surface area contributed by atoms with Crippen molar-refractivity contribution in [2.24, 2.45) is 5.73 Å². The van der Waals surface area contributed by atoms with E-state index in [1.54, 1.807) is 4.90 Å². The first-order valence-corrected chi connectivity index (χ1v) is 4.44. The maximum atomic E-state index is 12.4. The highest BCUT2D eigenvalue weighted by atomic mass is 19.3. The molecule has 0 amide bonds. The first-order chi connectivity index (χ1) is 5.64. The lowest BCUT2D eigenvalue weighted by atomic mass is 10.3. The number of halogens is 2. The van der Waals surface area contributed by atoms with Crippen molar-refractivity contribution >= 4 is 0 Å². The van der Waals surface area contributed by atoms with Gasteiger partial charge in [-0.05, 0) is 0 Å². The summed E-state index contributed by atoms with van der Waals surface area (Å²) in [7, 11) is 0. The Balaban J connectivity index is 0.000000561. The van der Waals surface area contributed by atoms with Gasteiger partial charge < -0.3 is 5.73 Å². The summed E-state index contributed by atoms with van der Waals surface area (Å²) in [5.41, 5.74) is 5.21. The first kappa shape index (κ1) is 11.8.